The molecule has 2 aromatic rings. The second-order valence-electron chi connectivity index (χ2n) is 4.79. The molecule has 0 atom stereocenters. The van der Waals surface area contributed by atoms with Crippen LogP contribution >= 0.6 is 11.8 Å². The summed E-state index contributed by atoms with van der Waals surface area (Å²) in [6.45, 7) is 4.53. The van der Waals surface area contributed by atoms with Gasteiger partial charge in [-0.1, -0.05) is 11.8 Å². The minimum Gasteiger partial charge on any atom is -0.416 e. The molecule has 0 aliphatic carbocycles. The van der Waals surface area contributed by atoms with Crippen LogP contribution in [0.1, 0.15) is 5.89 Å². The van der Waals surface area contributed by atoms with Crippen LogP contribution < -0.4 is 4.90 Å². The molecule has 1 amide bonds. The number of amides is 1. The normalized spacial score (nSPS) is 15.1. The zero-order chi connectivity index (χ0) is 15.4. The maximum atomic E-state index is 12.2. The van der Waals surface area contributed by atoms with Crippen LogP contribution in [0.25, 0.3) is 0 Å². The van der Waals surface area contributed by atoms with Gasteiger partial charge in [-0.25, -0.2) is 9.97 Å². The number of aryl methyl sites for hydroxylation is 1. The third kappa shape index (κ3) is 3.53. The van der Waals surface area contributed by atoms with E-state index in [0.29, 0.717) is 35.9 Å². The van der Waals surface area contributed by atoms with Crippen molar-refractivity contribution in [3.8, 4) is 0 Å². The first-order valence-electron chi connectivity index (χ1n) is 6.95. The summed E-state index contributed by atoms with van der Waals surface area (Å²) in [4.78, 5) is 24.6. The molecular weight excluding hydrogens is 304 g/mol. The molecule has 0 aromatic carbocycles. The molecule has 1 saturated heterocycles. The SMILES string of the molecule is Cc1nnc(SCC(=O)N2CCN(c3ncccn3)CC2)o1. The van der Waals surface area contributed by atoms with E-state index in [1.165, 1.54) is 11.8 Å². The molecule has 3 rings (SSSR count). The van der Waals surface area contributed by atoms with Gasteiger partial charge in [0.25, 0.3) is 5.22 Å². The van der Waals surface area contributed by atoms with E-state index in [1.807, 2.05) is 4.90 Å². The van der Waals surface area contributed by atoms with E-state index in [4.69, 9.17) is 4.42 Å². The first-order chi connectivity index (χ1) is 10.7. The first kappa shape index (κ1) is 14.8. The number of rotatable bonds is 4. The number of aromatic nitrogens is 4. The van der Waals surface area contributed by atoms with Crippen LogP contribution in [0.2, 0.25) is 0 Å². The lowest BCUT2D eigenvalue weighted by Crippen LogP contribution is -2.49. The Kier molecular flexibility index (Phi) is 4.52. The van der Waals surface area contributed by atoms with Crippen molar-refractivity contribution in [2.45, 2.75) is 12.1 Å². The summed E-state index contributed by atoms with van der Waals surface area (Å²) < 4.78 is 5.24. The molecule has 1 aliphatic rings. The molecule has 0 unspecified atom stereocenters. The lowest BCUT2D eigenvalue weighted by molar-refractivity contribution is -0.128. The highest BCUT2D eigenvalue weighted by atomic mass is 32.2. The maximum absolute atomic E-state index is 12.2. The lowest BCUT2D eigenvalue weighted by Gasteiger charge is -2.34. The number of carbonyl (C=O) groups is 1. The molecule has 116 valence electrons. The topological polar surface area (TPSA) is 88.3 Å². The van der Waals surface area contributed by atoms with E-state index in [1.54, 1.807) is 25.4 Å². The predicted molar refractivity (Wildman–Crippen MR) is 80.6 cm³/mol. The highest BCUT2D eigenvalue weighted by molar-refractivity contribution is 7.99. The Hall–Kier alpha value is -2.16. The Morgan fingerprint density at radius 2 is 1.95 bits per heavy atom. The number of piperazine rings is 1. The molecular formula is C13H16N6O2S. The number of hydrogen-bond donors (Lipinski definition) is 0. The van der Waals surface area contributed by atoms with Gasteiger partial charge in [-0.15, -0.1) is 10.2 Å². The van der Waals surface area contributed by atoms with Gasteiger partial charge in [-0.2, -0.15) is 0 Å². The van der Waals surface area contributed by atoms with Gasteiger partial charge in [0.2, 0.25) is 17.7 Å². The number of carbonyl (C=O) groups excluding carboxylic acids is 1. The second kappa shape index (κ2) is 6.73. The fourth-order valence-corrected chi connectivity index (χ4v) is 2.87. The largest absolute Gasteiger partial charge is 0.416 e. The Balaban J connectivity index is 1.47. The third-order valence-electron chi connectivity index (χ3n) is 3.29. The first-order valence-corrected chi connectivity index (χ1v) is 7.93. The van der Waals surface area contributed by atoms with E-state index in [2.05, 4.69) is 25.1 Å². The van der Waals surface area contributed by atoms with Crippen LogP contribution in [0.15, 0.2) is 28.1 Å². The zero-order valence-electron chi connectivity index (χ0n) is 12.2. The van der Waals surface area contributed by atoms with Crippen molar-refractivity contribution < 1.29 is 9.21 Å². The zero-order valence-corrected chi connectivity index (χ0v) is 13.0. The maximum Gasteiger partial charge on any atom is 0.277 e. The fourth-order valence-electron chi connectivity index (χ4n) is 2.16. The molecule has 8 nitrogen and oxygen atoms in total. The quantitative estimate of drug-likeness (QED) is 0.757. The number of anilines is 1. The van der Waals surface area contributed by atoms with Crippen molar-refractivity contribution >= 4 is 23.6 Å². The molecule has 3 heterocycles. The van der Waals surface area contributed by atoms with Crippen molar-refractivity contribution in [3.05, 3.63) is 24.4 Å². The average molecular weight is 320 g/mol. The molecule has 9 heteroatoms. The molecule has 0 saturated carbocycles. The minimum absolute atomic E-state index is 0.0782. The highest BCUT2D eigenvalue weighted by Gasteiger charge is 2.22. The summed E-state index contributed by atoms with van der Waals surface area (Å²) in [6.07, 6.45) is 3.45. The van der Waals surface area contributed by atoms with Crippen LogP contribution in [0.5, 0.6) is 0 Å². The lowest BCUT2D eigenvalue weighted by atomic mass is 10.3. The van der Waals surface area contributed by atoms with Gasteiger partial charge in [0.1, 0.15) is 0 Å². The summed E-state index contributed by atoms with van der Waals surface area (Å²) in [5, 5.41) is 8.04. The van der Waals surface area contributed by atoms with Crippen molar-refractivity contribution in [2.24, 2.45) is 0 Å². The van der Waals surface area contributed by atoms with Crippen molar-refractivity contribution in [1.29, 1.82) is 0 Å². The Morgan fingerprint density at radius 1 is 1.23 bits per heavy atom. The molecule has 1 aliphatic heterocycles. The monoisotopic (exact) mass is 320 g/mol. The third-order valence-corrected chi connectivity index (χ3v) is 4.10. The molecule has 0 bridgehead atoms. The van der Waals surface area contributed by atoms with Gasteiger partial charge >= 0.3 is 0 Å². The van der Waals surface area contributed by atoms with E-state index >= 15 is 0 Å². The van der Waals surface area contributed by atoms with Gasteiger partial charge in [-0.05, 0) is 6.07 Å². The summed E-state index contributed by atoms with van der Waals surface area (Å²) in [7, 11) is 0. The number of nitrogens with zero attached hydrogens (tertiary/aromatic N) is 6. The highest BCUT2D eigenvalue weighted by Crippen LogP contribution is 2.17. The summed E-state index contributed by atoms with van der Waals surface area (Å²) in [5.41, 5.74) is 0. The van der Waals surface area contributed by atoms with Crippen LogP contribution in [-0.2, 0) is 4.79 Å². The van der Waals surface area contributed by atoms with Crippen molar-refractivity contribution in [1.82, 2.24) is 25.1 Å². The van der Waals surface area contributed by atoms with E-state index in [0.717, 1.165) is 13.1 Å². The van der Waals surface area contributed by atoms with Gasteiger partial charge in [-0.3, -0.25) is 4.79 Å². The molecule has 2 aromatic heterocycles. The van der Waals surface area contributed by atoms with E-state index < -0.39 is 0 Å². The van der Waals surface area contributed by atoms with E-state index in [9.17, 15) is 4.79 Å². The minimum atomic E-state index is 0.0782. The Morgan fingerprint density at radius 3 is 2.59 bits per heavy atom. The molecule has 0 N–H and O–H groups in total. The van der Waals surface area contributed by atoms with Crippen LogP contribution in [0, 0.1) is 6.92 Å². The van der Waals surface area contributed by atoms with Crippen molar-refractivity contribution in [2.75, 3.05) is 36.8 Å². The van der Waals surface area contributed by atoms with Crippen LogP contribution in [-0.4, -0.2) is 62.9 Å². The second-order valence-corrected chi connectivity index (χ2v) is 5.72. The molecule has 0 spiro atoms. The van der Waals surface area contributed by atoms with Crippen LogP contribution in [0.4, 0.5) is 5.95 Å². The number of hydrogen-bond acceptors (Lipinski definition) is 8. The van der Waals surface area contributed by atoms with Gasteiger partial charge < -0.3 is 14.2 Å². The van der Waals surface area contributed by atoms with Gasteiger partial charge in [0.05, 0.1) is 5.75 Å². The van der Waals surface area contributed by atoms with Crippen LogP contribution in [0.3, 0.4) is 0 Å². The standard InChI is InChI=1S/C13H16N6O2S/c1-10-16-17-13(21-10)22-9-11(20)18-5-7-19(8-6-18)12-14-3-2-4-15-12/h2-4H,5-9H2,1H3. The predicted octanol–water partition coefficient (Wildman–Crippen LogP) is 0.609. The molecule has 1 fully saturated rings. The fraction of sp³-hybridized carbons (Fsp3) is 0.462. The molecule has 22 heavy (non-hydrogen) atoms. The van der Waals surface area contributed by atoms with Gasteiger partial charge in [0, 0.05) is 45.5 Å². The summed E-state index contributed by atoms with van der Waals surface area (Å²) in [5.74, 6) is 1.61. The Labute approximate surface area is 131 Å². The Bertz CT molecular complexity index is 626. The smallest absolute Gasteiger partial charge is 0.277 e. The van der Waals surface area contributed by atoms with Gasteiger partial charge in [0.15, 0.2) is 0 Å². The summed E-state index contributed by atoms with van der Waals surface area (Å²) in [6, 6.07) is 1.79. The van der Waals surface area contributed by atoms with Crippen molar-refractivity contribution in [3.63, 3.8) is 0 Å². The number of thioether (sulfide) groups is 1. The summed E-state index contributed by atoms with van der Waals surface area (Å²) >= 11 is 1.27. The molecule has 0 radical (unpaired) electrons. The average Bonchev–Trinajstić information content (AvgIpc) is 2.99. The van der Waals surface area contributed by atoms with E-state index in [-0.39, 0.29) is 5.91 Å².